The second kappa shape index (κ2) is 12.6. The smallest absolute Gasteiger partial charge is 0.405 e. The summed E-state index contributed by atoms with van der Waals surface area (Å²) < 4.78 is 11.3. The van der Waals surface area contributed by atoms with Crippen LogP contribution in [0.15, 0.2) is 28.8 Å². The van der Waals surface area contributed by atoms with Crippen molar-refractivity contribution in [2.24, 2.45) is 11.8 Å². The van der Waals surface area contributed by atoms with E-state index in [2.05, 4.69) is 33.4 Å². The number of ether oxygens (including phenoxy) is 1. The van der Waals surface area contributed by atoms with Crippen molar-refractivity contribution in [3.63, 3.8) is 0 Å². The number of nitrogens with one attached hydrogen (secondary N) is 1. The summed E-state index contributed by atoms with van der Waals surface area (Å²) in [6, 6.07) is 8.06. The highest BCUT2D eigenvalue weighted by molar-refractivity contribution is 5.87. The van der Waals surface area contributed by atoms with Gasteiger partial charge in [0.25, 0.3) is 5.91 Å². The number of rotatable bonds is 10. The van der Waals surface area contributed by atoms with Crippen molar-refractivity contribution in [1.82, 2.24) is 20.4 Å². The molecule has 1 aromatic heterocycles. The highest BCUT2D eigenvalue weighted by atomic mass is 16.5. The molecule has 3 atom stereocenters. The summed E-state index contributed by atoms with van der Waals surface area (Å²) in [4.78, 5) is 32.5. The number of anilines is 1. The maximum Gasteiger partial charge on any atom is 0.405 e. The summed E-state index contributed by atoms with van der Waals surface area (Å²) in [7, 11) is 0. The number of hydrogen-bond donors (Lipinski definition) is 2. The summed E-state index contributed by atoms with van der Waals surface area (Å²) >= 11 is 0. The quantitative estimate of drug-likeness (QED) is 0.474. The Bertz CT molecular complexity index is 1120. The monoisotopic (exact) mass is 524 g/mol. The molecule has 2 aliphatic heterocycles. The Labute approximate surface area is 222 Å². The van der Waals surface area contributed by atoms with E-state index >= 15 is 0 Å². The van der Waals surface area contributed by atoms with Crippen molar-refractivity contribution in [2.45, 2.75) is 64.5 Å². The van der Waals surface area contributed by atoms with Crippen LogP contribution in [0.25, 0.3) is 0 Å². The molecule has 2 aliphatic rings. The van der Waals surface area contributed by atoms with E-state index in [1.807, 2.05) is 6.92 Å². The predicted molar refractivity (Wildman–Crippen MR) is 139 cm³/mol. The van der Waals surface area contributed by atoms with Gasteiger partial charge in [-0.15, -0.1) is 0 Å². The van der Waals surface area contributed by atoms with Crippen LogP contribution in [0.5, 0.6) is 5.75 Å². The largest absolute Gasteiger partial charge is 0.494 e. The fourth-order valence-corrected chi connectivity index (χ4v) is 5.27. The van der Waals surface area contributed by atoms with Crippen LogP contribution >= 0.6 is 0 Å². The van der Waals surface area contributed by atoms with Gasteiger partial charge in [0.1, 0.15) is 17.8 Å². The molecule has 0 saturated carbocycles. The SMILES string of the molecule is CCc1noc(N2CCC([C@H](C)CCOc3ccc([C@H](NC(=O)O)C(=O)N4CCC[C@H]4C#N)cc3)CC2)n1. The van der Waals surface area contributed by atoms with Crippen LogP contribution in [0.3, 0.4) is 0 Å². The molecular formula is C27H36N6O5. The van der Waals surface area contributed by atoms with Crippen molar-refractivity contribution in [1.29, 1.82) is 5.26 Å². The molecule has 2 N–H and O–H groups in total. The second-order valence-electron chi connectivity index (χ2n) is 10.1. The van der Waals surface area contributed by atoms with E-state index in [1.165, 1.54) is 4.90 Å². The summed E-state index contributed by atoms with van der Waals surface area (Å²) in [6.45, 7) is 7.09. The number of likely N-dealkylation sites (tertiary alicyclic amines) is 1. The van der Waals surface area contributed by atoms with Crippen LogP contribution in [0, 0.1) is 23.2 Å². The number of aryl methyl sites for hydroxylation is 1. The molecule has 2 amide bonds. The Balaban J connectivity index is 1.26. The van der Waals surface area contributed by atoms with Gasteiger partial charge < -0.3 is 29.5 Å². The molecule has 0 unspecified atom stereocenters. The number of aromatic nitrogens is 2. The Hall–Kier alpha value is -3.81. The summed E-state index contributed by atoms with van der Waals surface area (Å²) in [5.74, 6) is 2.09. The third-order valence-electron chi connectivity index (χ3n) is 7.64. The number of hydrogen-bond acceptors (Lipinski definition) is 8. The number of carboxylic acid groups (broad SMARTS) is 1. The van der Waals surface area contributed by atoms with Crippen LogP contribution in [-0.2, 0) is 11.2 Å². The number of nitriles is 1. The molecule has 2 saturated heterocycles. The Morgan fingerprint density at radius 2 is 1.97 bits per heavy atom. The molecule has 3 heterocycles. The Kier molecular flexibility index (Phi) is 9.05. The molecular weight excluding hydrogens is 488 g/mol. The molecule has 0 bridgehead atoms. The van der Waals surface area contributed by atoms with Gasteiger partial charge in [0.2, 0.25) is 0 Å². The highest BCUT2D eigenvalue weighted by Crippen LogP contribution is 2.30. The zero-order chi connectivity index (χ0) is 27.1. The minimum atomic E-state index is -1.29. The van der Waals surface area contributed by atoms with Gasteiger partial charge in [-0.1, -0.05) is 31.1 Å². The maximum absolute atomic E-state index is 13.1. The molecule has 11 heteroatoms. The first kappa shape index (κ1) is 27.2. The molecule has 38 heavy (non-hydrogen) atoms. The average molecular weight is 525 g/mol. The van der Waals surface area contributed by atoms with Gasteiger partial charge in [-0.05, 0) is 61.6 Å². The van der Waals surface area contributed by atoms with Crippen LogP contribution in [-0.4, -0.2) is 64.4 Å². The lowest BCUT2D eigenvalue weighted by Gasteiger charge is -2.33. The molecule has 1 aromatic carbocycles. The van der Waals surface area contributed by atoms with E-state index in [9.17, 15) is 20.0 Å². The molecule has 4 rings (SSSR count). The van der Waals surface area contributed by atoms with E-state index in [4.69, 9.17) is 9.26 Å². The molecule has 204 valence electrons. The zero-order valence-electron chi connectivity index (χ0n) is 22.0. The Morgan fingerprint density at radius 1 is 1.24 bits per heavy atom. The summed E-state index contributed by atoms with van der Waals surface area (Å²) in [5.41, 5.74) is 0.515. The van der Waals surface area contributed by atoms with Gasteiger partial charge in [0, 0.05) is 26.1 Å². The number of piperidine rings is 1. The predicted octanol–water partition coefficient (Wildman–Crippen LogP) is 3.78. The summed E-state index contributed by atoms with van der Waals surface area (Å²) in [5, 5.41) is 24.9. The van der Waals surface area contributed by atoms with Gasteiger partial charge in [-0.2, -0.15) is 10.2 Å². The fourth-order valence-electron chi connectivity index (χ4n) is 5.27. The van der Waals surface area contributed by atoms with Gasteiger partial charge >= 0.3 is 12.1 Å². The fraction of sp³-hybridized carbons (Fsp3) is 0.593. The van der Waals surface area contributed by atoms with Crippen LogP contribution in [0.1, 0.15) is 63.4 Å². The number of carbonyl (C=O) groups is 2. The van der Waals surface area contributed by atoms with Gasteiger partial charge in [-0.25, -0.2) is 4.79 Å². The minimum absolute atomic E-state index is 0.408. The molecule has 0 spiro atoms. The molecule has 2 fully saturated rings. The first-order valence-corrected chi connectivity index (χ1v) is 13.4. The van der Waals surface area contributed by atoms with Crippen molar-refractivity contribution in [3.8, 4) is 11.8 Å². The van der Waals surface area contributed by atoms with Crippen molar-refractivity contribution < 1.29 is 24.0 Å². The van der Waals surface area contributed by atoms with Crippen molar-refractivity contribution in [2.75, 3.05) is 31.1 Å². The van der Waals surface area contributed by atoms with Crippen molar-refractivity contribution in [3.05, 3.63) is 35.7 Å². The Morgan fingerprint density at radius 3 is 2.61 bits per heavy atom. The van der Waals surface area contributed by atoms with E-state index < -0.39 is 24.1 Å². The first-order chi connectivity index (χ1) is 18.4. The lowest BCUT2D eigenvalue weighted by Crippen LogP contribution is -2.44. The second-order valence-corrected chi connectivity index (χ2v) is 10.1. The third-order valence-corrected chi connectivity index (χ3v) is 7.64. The van der Waals surface area contributed by atoms with E-state index in [0.717, 1.165) is 51.0 Å². The number of carbonyl (C=O) groups excluding carboxylic acids is 1. The van der Waals surface area contributed by atoms with E-state index in [-0.39, 0.29) is 0 Å². The van der Waals surface area contributed by atoms with Gasteiger partial charge in [0.15, 0.2) is 5.82 Å². The van der Waals surface area contributed by atoms with E-state index in [1.54, 1.807) is 24.3 Å². The highest BCUT2D eigenvalue weighted by Gasteiger charge is 2.35. The van der Waals surface area contributed by atoms with Crippen LogP contribution < -0.4 is 15.0 Å². The maximum atomic E-state index is 13.1. The normalized spacial score (nSPS) is 19.6. The molecule has 0 aliphatic carbocycles. The number of amides is 2. The first-order valence-electron chi connectivity index (χ1n) is 13.4. The average Bonchev–Trinajstić information content (AvgIpc) is 3.61. The minimum Gasteiger partial charge on any atom is -0.494 e. The standard InChI is InChI=1S/C27H36N6O5/c1-3-23-29-26(38-31-23)32-14-10-19(11-15-32)18(2)12-16-37-22-8-6-20(7-9-22)24(30-27(35)36)25(34)33-13-4-5-21(33)17-28/h6-9,18-19,21,24,30H,3-5,10-16H2,1-2H3,(H,35,36)/t18-,21+,24+/m1/s1. The lowest BCUT2D eigenvalue weighted by molar-refractivity contribution is -0.133. The zero-order valence-corrected chi connectivity index (χ0v) is 22.0. The molecule has 2 aromatic rings. The molecule has 0 radical (unpaired) electrons. The van der Waals surface area contributed by atoms with Crippen LogP contribution in [0.4, 0.5) is 10.8 Å². The lowest BCUT2D eigenvalue weighted by atomic mass is 9.84. The topological polar surface area (TPSA) is 145 Å². The molecule has 11 nitrogen and oxygen atoms in total. The van der Waals surface area contributed by atoms with Gasteiger partial charge in [0.05, 0.1) is 12.7 Å². The summed E-state index contributed by atoms with van der Waals surface area (Å²) in [6.07, 6.45) is 3.85. The van der Waals surface area contributed by atoms with Gasteiger partial charge in [-0.3, -0.25) is 4.79 Å². The van der Waals surface area contributed by atoms with Crippen molar-refractivity contribution >= 4 is 18.0 Å². The van der Waals surface area contributed by atoms with Crippen LogP contribution in [0.2, 0.25) is 0 Å². The third kappa shape index (κ3) is 6.54. The number of benzene rings is 1. The number of nitrogens with zero attached hydrogens (tertiary/aromatic N) is 5. The van der Waals surface area contributed by atoms with E-state index in [0.29, 0.717) is 48.7 Å².